The molecule has 1 fully saturated rings. The molecule has 1 saturated carbocycles. The maximum absolute atomic E-state index is 4.59. The minimum absolute atomic E-state index is 0.630. The van der Waals surface area contributed by atoms with E-state index < -0.39 is 0 Å². The molecule has 0 bridgehead atoms. The first-order chi connectivity index (χ1) is 9.24. The maximum Gasteiger partial charge on any atom is 0.0705 e. The highest BCUT2D eigenvalue weighted by Crippen LogP contribution is 2.37. The number of pyridine rings is 1. The fourth-order valence-electron chi connectivity index (χ4n) is 3.11. The Hall–Kier alpha value is -0.890. The van der Waals surface area contributed by atoms with Gasteiger partial charge in [-0.2, -0.15) is 0 Å². The van der Waals surface area contributed by atoms with Gasteiger partial charge < -0.3 is 0 Å². The van der Waals surface area contributed by atoms with Crippen molar-refractivity contribution in [3.05, 3.63) is 41.6 Å². The highest BCUT2D eigenvalue weighted by Gasteiger charge is 2.23. The van der Waals surface area contributed by atoms with E-state index in [0.29, 0.717) is 10.7 Å². The Bertz CT molecular complexity index is 578. The first kappa shape index (κ1) is 13.1. The summed E-state index contributed by atoms with van der Waals surface area (Å²) in [6.45, 7) is 2.05. The Kier molecular flexibility index (Phi) is 3.88. The molecule has 1 aliphatic rings. The van der Waals surface area contributed by atoms with E-state index in [1.165, 1.54) is 43.1 Å². The summed E-state index contributed by atoms with van der Waals surface area (Å²) in [4.78, 5) is 5.22. The third-order valence-electron chi connectivity index (χ3n) is 4.21. The van der Waals surface area contributed by atoms with E-state index in [0.717, 1.165) is 11.2 Å². The molecule has 3 rings (SSSR count). The predicted molar refractivity (Wildman–Crippen MR) is 85.0 cm³/mol. The molecule has 19 heavy (non-hydrogen) atoms. The van der Waals surface area contributed by atoms with Crippen molar-refractivity contribution in [1.82, 2.24) is 4.98 Å². The monoisotopic (exact) mass is 317 g/mol. The van der Waals surface area contributed by atoms with Gasteiger partial charge in [0.25, 0.3) is 0 Å². The van der Waals surface area contributed by atoms with Crippen LogP contribution in [0.4, 0.5) is 0 Å². The van der Waals surface area contributed by atoms with E-state index in [9.17, 15) is 0 Å². The number of nitrogens with zero attached hydrogens (tertiary/aromatic N) is 1. The van der Waals surface area contributed by atoms with Crippen molar-refractivity contribution >= 4 is 26.8 Å². The fraction of sp³-hybridized carbons (Fsp3) is 0.471. The fourth-order valence-corrected chi connectivity index (χ4v) is 4.01. The second-order valence-electron chi connectivity index (χ2n) is 5.67. The number of rotatable bonds is 1. The lowest BCUT2D eigenvalue weighted by Crippen LogP contribution is -2.10. The summed E-state index contributed by atoms with van der Waals surface area (Å²) in [5.74, 6) is 0.660. The number of hydrogen-bond acceptors (Lipinski definition) is 1. The second-order valence-corrected chi connectivity index (χ2v) is 6.84. The summed E-state index contributed by atoms with van der Waals surface area (Å²) in [6, 6.07) is 11.1. The summed E-state index contributed by atoms with van der Waals surface area (Å²) in [5.41, 5.74) is 3.68. The Labute approximate surface area is 123 Å². The quantitative estimate of drug-likeness (QED) is 0.510. The molecule has 2 unspecified atom stereocenters. The molecular weight excluding hydrogens is 298 g/mol. The lowest BCUT2D eigenvalue weighted by molar-refractivity contribution is 0.613. The Morgan fingerprint density at radius 2 is 1.89 bits per heavy atom. The molecule has 0 spiro atoms. The molecule has 0 radical (unpaired) electrons. The van der Waals surface area contributed by atoms with Gasteiger partial charge in [0.2, 0.25) is 0 Å². The first-order valence-electron chi connectivity index (χ1n) is 7.25. The van der Waals surface area contributed by atoms with Crippen LogP contribution in [0.5, 0.6) is 0 Å². The lowest BCUT2D eigenvalue weighted by atomic mass is 9.91. The van der Waals surface area contributed by atoms with Crippen LogP contribution >= 0.6 is 15.9 Å². The van der Waals surface area contributed by atoms with Crippen LogP contribution in [-0.2, 0) is 0 Å². The molecular formula is C17H20BrN. The number of hydrogen-bond donors (Lipinski definition) is 0. The Morgan fingerprint density at radius 1 is 1.05 bits per heavy atom. The molecule has 1 aromatic heterocycles. The van der Waals surface area contributed by atoms with Crippen LogP contribution in [-0.4, -0.2) is 9.81 Å². The van der Waals surface area contributed by atoms with Gasteiger partial charge in [-0.05, 0) is 49.4 Å². The molecule has 100 valence electrons. The van der Waals surface area contributed by atoms with Gasteiger partial charge >= 0.3 is 0 Å². The van der Waals surface area contributed by atoms with Gasteiger partial charge in [-0.3, -0.25) is 4.98 Å². The minimum atomic E-state index is 0.630. The number of fused-ring (bicyclic) bond motifs is 1. The van der Waals surface area contributed by atoms with Crippen molar-refractivity contribution in [2.45, 2.75) is 49.8 Å². The topological polar surface area (TPSA) is 12.9 Å². The average molecular weight is 318 g/mol. The second kappa shape index (κ2) is 5.62. The zero-order valence-corrected chi connectivity index (χ0v) is 13.0. The maximum atomic E-state index is 4.59. The summed E-state index contributed by atoms with van der Waals surface area (Å²) in [6.07, 6.45) is 6.71. The van der Waals surface area contributed by atoms with Crippen LogP contribution in [0.1, 0.15) is 49.3 Å². The highest BCUT2D eigenvalue weighted by molar-refractivity contribution is 9.09. The molecule has 1 aromatic carbocycles. The van der Waals surface area contributed by atoms with Crippen LogP contribution in [0.2, 0.25) is 0 Å². The third-order valence-corrected chi connectivity index (χ3v) is 5.31. The Balaban J connectivity index is 1.97. The number of aromatic nitrogens is 1. The highest BCUT2D eigenvalue weighted by atomic mass is 79.9. The molecule has 2 atom stereocenters. The Morgan fingerprint density at radius 3 is 2.79 bits per heavy atom. The predicted octanol–water partition coefficient (Wildman–Crippen LogP) is 5.35. The van der Waals surface area contributed by atoms with Gasteiger partial charge in [0.15, 0.2) is 0 Å². The van der Waals surface area contributed by atoms with Crippen molar-refractivity contribution < 1.29 is 0 Å². The van der Waals surface area contributed by atoms with Crippen LogP contribution < -0.4 is 0 Å². The third kappa shape index (κ3) is 2.84. The average Bonchev–Trinajstić information content (AvgIpc) is 2.63. The van der Waals surface area contributed by atoms with Gasteiger partial charge in [0.1, 0.15) is 0 Å². The molecule has 0 aliphatic heterocycles. The number of halogens is 1. The van der Waals surface area contributed by atoms with E-state index in [1.807, 2.05) is 6.92 Å². The zero-order valence-electron chi connectivity index (χ0n) is 11.4. The number of alkyl halides is 1. The van der Waals surface area contributed by atoms with E-state index in [1.54, 1.807) is 0 Å². The SMILES string of the molecule is Cc1ccc2cc(C3CCCCCC3Br)ccc2n1. The molecule has 2 aromatic rings. The molecule has 2 heteroatoms. The van der Waals surface area contributed by atoms with Crippen LogP contribution in [0.3, 0.4) is 0 Å². The molecule has 0 amide bonds. The molecule has 1 aliphatic carbocycles. The van der Waals surface area contributed by atoms with E-state index in [2.05, 4.69) is 51.2 Å². The van der Waals surface area contributed by atoms with Crippen molar-refractivity contribution in [3.63, 3.8) is 0 Å². The standard InChI is InChI=1S/C17H20BrN/c1-12-7-8-14-11-13(9-10-17(14)19-12)15-5-3-2-4-6-16(15)18/h7-11,15-16H,2-6H2,1H3. The number of aryl methyl sites for hydroxylation is 1. The van der Waals surface area contributed by atoms with Gasteiger partial charge in [0.05, 0.1) is 5.52 Å². The smallest absolute Gasteiger partial charge is 0.0705 e. The van der Waals surface area contributed by atoms with Crippen LogP contribution in [0, 0.1) is 6.92 Å². The largest absolute Gasteiger partial charge is 0.253 e. The zero-order chi connectivity index (χ0) is 13.2. The number of benzene rings is 1. The molecule has 0 N–H and O–H groups in total. The van der Waals surface area contributed by atoms with Gasteiger partial charge in [-0.25, -0.2) is 0 Å². The molecule has 0 saturated heterocycles. The van der Waals surface area contributed by atoms with E-state index in [-0.39, 0.29) is 0 Å². The normalized spacial score (nSPS) is 24.3. The minimum Gasteiger partial charge on any atom is -0.253 e. The summed E-state index contributed by atoms with van der Waals surface area (Å²) >= 11 is 3.90. The van der Waals surface area contributed by atoms with Gasteiger partial charge in [-0.15, -0.1) is 0 Å². The van der Waals surface area contributed by atoms with Crippen molar-refractivity contribution in [2.24, 2.45) is 0 Å². The van der Waals surface area contributed by atoms with Gasteiger partial charge in [0, 0.05) is 15.9 Å². The molecule has 1 nitrogen and oxygen atoms in total. The van der Waals surface area contributed by atoms with Crippen LogP contribution in [0.15, 0.2) is 30.3 Å². The summed E-state index contributed by atoms with van der Waals surface area (Å²) in [5, 5.41) is 1.27. The van der Waals surface area contributed by atoms with Crippen molar-refractivity contribution in [1.29, 1.82) is 0 Å². The summed E-state index contributed by atoms with van der Waals surface area (Å²) in [7, 11) is 0. The van der Waals surface area contributed by atoms with Crippen molar-refractivity contribution in [2.75, 3.05) is 0 Å². The molecule has 1 heterocycles. The first-order valence-corrected chi connectivity index (χ1v) is 8.17. The van der Waals surface area contributed by atoms with Gasteiger partial charge in [-0.1, -0.05) is 47.3 Å². The summed E-state index contributed by atoms with van der Waals surface area (Å²) < 4.78 is 0. The van der Waals surface area contributed by atoms with E-state index in [4.69, 9.17) is 0 Å². The lowest BCUT2D eigenvalue weighted by Gasteiger charge is -2.20. The van der Waals surface area contributed by atoms with Crippen molar-refractivity contribution in [3.8, 4) is 0 Å². The van der Waals surface area contributed by atoms with Crippen LogP contribution in [0.25, 0.3) is 10.9 Å². The van der Waals surface area contributed by atoms with E-state index >= 15 is 0 Å².